The van der Waals surface area contributed by atoms with Crippen molar-refractivity contribution < 1.29 is 52.1 Å². The van der Waals surface area contributed by atoms with Crippen LogP contribution in [0.25, 0.3) is 10.3 Å². The summed E-state index contributed by atoms with van der Waals surface area (Å²) in [4.78, 5) is 0. The van der Waals surface area contributed by atoms with Gasteiger partial charge in [0.25, 0.3) is 0 Å². The van der Waals surface area contributed by atoms with Gasteiger partial charge in [0.1, 0.15) is 0 Å². The Morgan fingerprint density at radius 2 is 0.781 bits per heavy atom. The van der Waals surface area contributed by atoms with E-state index < -0.39 is 31.1 Å². The second kappa shape index (κ2) is 12.7. The van der Waals surface area contributed by atoms with E-state index >= 15 is 0 Å². The van der Waals surface area contributed by atoms with Crippen LogP contribution in [0, 0.1) is 0 Å². The Kier molecular flexibility index (Phi) is 13.3. The molecule has 2 aliphatic rings. The molecule has 0 aromatic rings. The van der Waals surface area contributed by atoms with Crippen LogP contribution >= 0.6 is 0 Å². The second-order valence-electron chi connectivity index (χ2n) is 8.08. The predicted octanol–water partition coefficient (Wildman–Crippen LogP) is 4.27. The van der Waals surface area contributed by atoms with Crippen molar-refractivity contribution in [3.05, 3.63) is 10.3 Å². The van der Waals surface area contributed by atoms with Crippen LogP contribution in [0.5, 0.6) is 0 Å². The van der Waals surface area contributed by atoms with E-state index in [0.29, 0.717) is 0 Å². The lowest BCUT2D eigenvalue weighted by molar-refractivity contribution is -0.895. The molecule has 0 spiro atoms. The van der Waals surface area contributed by atoms with E-state index in [1.54, 1.807) is 0 Å². The number of hydrogen-bond donors (Lipinski definition) is 0. The maximum absolute atomic E-state index is 10.8. The first kappa shape index (κ1) is 33.5. The molecule has 32 heavy (non-hydrogen) atoms. The van der Waals surface area contributed by atoms with Crippen LogP contribution in [0.1, 0.15) is 39.5 Å². The third-order valence-electron chi connectivity index (χ3n) is 5.43. The van der Waals surface area contributed by atoms with Crippen LogP contribution in [0.2, 0.25) is 0 Å². The Bertz CT molecular complexity index is 679. The fourth-order valence-electron chi connectivity index (χ4n) is 2.83. The van der Waals surface area contributed by atoms with Crippen molar-refractivity contribution in [2.24, 2.45) is 0 Å². The van der Waals surface area contributed by atoms with Crippen LogP contribution < -0.4 is 0 Å². The van der Waals surface area contributed by atoms with Gasteiger partial charge in [-0.25, -0.2) is 16.8 Å². The molecule has 0 aromatic carbocycles. The van der Waals surface area contributed by atoms with Crippen LogP contribution in [0.15, 0.2) is 0 Å². The average Bonchev–Trinajstić information content (AvgIpc) is 3.23. The monoisotopic (exact) mass is 524 g/mol. The first-order valence-electron chi connectivity index (χ1n) is 9.82. The normalized spacial score (nSPS) is 20.1. The van der Waals surface area contributed by atoms with E-state index in [1.807, 2.05) is 0 Å². The Balaban J connectivity index is 0. The highest BCUT2D eigenvalue weighted by molar-refractivity contribution is 7.94. The fraction of sp³-hybridized carbons (Fsp3) is 1.00. The second-order valence-corrected chi connectivity index (χ2v) is 11.0. The van der Waals surface area contributed by atoms with Gasteiger partial charge in [-0.2, -0.15) is 26.3 Å². The molecular formula is C16H34F6N4O4S2. The van der Waals surface area contributed by atoms with Gasteiger partial charge in [-0.3, -0.25) is 0 Å². The Hall–Kier alpha value is -0.680. The summed E-state index contributed by atoms with van der Waals surface area (Å²) in [6.07, 6.45) is 5.80. The van der Waals surface area contributed by atoms with Crippen LogP contribution in [0.3, 0.4) is 0 Å². The van der Waals surface area contributed by atoms with Crippen LogP contribution in [-0.4, -0.2) is 90.2 Å². The van der Waals surface area contributed by atoms with Gasteiger partial charge < -0.3 is 19.2 Å². The lowest BCUT2D eigenvalue weighted by Gasteiger charge is -2.26. The lowest BCUT2D eigenvalue weighted by Crippen LogP contribution is -2.40. The van der Waals surface area contributed by atoms with Gasteiger partial charge in [0, 0.05) is 25.7 Å². The zero-order chi connectivity index (χ0) is 26.1. The zero-order valence-corrected chi connectivity index (χ0v) is 20.3. The molecule has 2 N–H and O–H groups in total. The third kappa shape index (κ3) is 13.8. The highest BCUT2D eigenvalue weighted by Crippen LogP contribution is 2.23. The maximum Gasteiger partial charge on any atom is 0.479 e. The van der Waals surface area contributed by atoms with Crippen molar-refractivity contribution in [1.82, 2.24) is 0 Å². The molecule has 2 heterocycles. The first-order valence-corrected chi connectivity index (χ1v) is 12.8. The summed E-state index contributed by atoms with van der Waals surface area (Å²) in [7, 11) is -6.47. The van der Waals surface area contributed by atoms with E-state index in [9.17, 15) is 43.2 Å². The average molecular weight is 525 g/mol. The smallest absolute Gasteiger partial charge is 0.479 e. The number of halogens is 6. The van der Waals surface area contributed by atoms with Gasteiger partial charge in [0.15, 0.2) is 20.0 Å². The standard InChI is InChI=1S/2C7H16N.2CHF3NO2S/c2*1-3-8(2)6-4-5-7-8;2*2-1(3,4)8(5,6)7/h2*3-7H2,1-2H3;2*(H-,5,6,7)/q2*+1;2*-1. The number of nitrogens with zero attached hydrogens (tertiary/aromatic N) is 2. The summed E-state index contributed by atoms with van der Waals surface area (Å²) in [6, 6.07) is 0. The molecule has 16 heteroatoms. The molecule has 0 unspecified atom stereocenters. The Morgan fingerprint density at radius 1 is 0.625 bits per heavy atom. The van der Waals surface area contributed by atoms with Gasteiger partial charge in [-0.1, -0.05) is 0 Å². The molecule has 0 atom stereocenters. The minimum absolute atomic E-state index is 1.32. The summed E-state index contributed by atoms with van der Waals surface area (Å²) >= 11 is 0. The van der Waals surface area contributed by atoms with Gasteiger partial charge >= 0.3 is 11.0 Å². The topological polar surface area (TPSA) is 116 Å². The molecule has 2 saturated heterocycles. The molecule has 0 saturated carbocycles. The van der Waals surface area contributed by atoms with E-state index in [0.717, 1.165) is 0 Å². The quantitative estimate of drug-likeness (QED) is 0.396. The maximum atomic E-state index is 10.8. The van der Waals surface area contributed by atoms with Crippen LogP contribution in [-0.2, 0) is 20.0 Å². The highest BCUT2D eigenvalue weighted by atomic mass is 32.2. The zero-order valence-electron chi connectivity index (χ0n) is 18.7. The molecule has 0 aromatic heterocycles. The van der Waals surface area contributed by atoms with Gasteiger partial charge in [0.05, 0.1) is 53.4 Å². The van der Waals surface area contributed by atoms with Crippen molar-refractivity contribution in [3.8, 4) is 0 Å². The summed E-state index contributed by atoms with van der Waals surface area (Å²) < 4.78 is 104. The van der Waals surface area contributed by atoms with Gasteiger partial charge in [-0.15, -0.1) is 0 Å². The number of sulfonamides is 2. The molecule has 0 bridgehead atoms. The predicted molar refractivity (Wildman–Crippen MR) is 110 cm³/mol. The van der Waals surface area contributed by atoms with Crippen LogP contribution in [0.4, 0.5) is 26.3 Å². The fourth-order valence-corrected chi connectivity index (χ4v) is 2.83. The van der Waals surface area contributed by atoms with Crippen molar-refractivity contribution in [2.75, 3.05) is 53.4 Å². The molecule has 8 nitrogen and oxygen atoms in total. The molecule has 196 valence electrons. The van der Waals surface area contributed by atoms with Crippen molar-refractivity contribution in [1.29, 1.82) is 0 Å². The first-order chi connectivity index (χ1) is 14.0. The molecule has 2 aliphatic heterocycles. The Morgan fingerprint density at radius 3 is 0.844 bits per heavy atom. The molecule has 2 rings (SSSR count). The van der Waals surface area contributed by atoms with Crippen molar-refractivity contribution >= 4 is 20.0 Å². The summed E-state index contributed by atoms with van der Waals surface area (Å²) in [5.41, 5.74) is -10.8. The number of rotatable bonds is 2. The number of quaternary nitrogens is 2. The summed E-state index contributed by atoms with van der Waals surface area (Å²) in [5, 5.41) is 10.9. The van der Waals surface area contributed by atoms with Gasteiger partial charge in [0.2, 0.25) is 0 Å². The highest BCUT2D eigenvalue weighted by Gasteiger charge is 2.37. The van der Waals surface area contributed by atoms with Crippen molar-refractivity contribution in [3.63, 3.8) is 0 Å². The van der Waals surface area contributed by atoms with E-state index in [4.69, 9.17) is 10.3 Å². The number of nitrogens with one attached hydrogen (secondary N) is 2. The molecule has 0 amide bonds. The number of likely N-dealkylation sites (tertiary alicyclic amines) is 2. The van der Waals surface area contributed by atoms with E-state index in [1.165, 1.54) is 73.9 Å². The minimum Gasteiger partial charge on any atom is -0.556 e. The van der Waals surface area contributed by atoms with Crippen molar-refractivity contribution in [2.45, 2.75) is 50.5 Å². The summed E-state index contributed by atoms with van der Waals surface area (Å²) in [6.45, 7) is 12.9. The van der Waals surface area contributed by atoms with E-state index in [-0.39, 0.29) is 0 Å². The molecule has 0 aliphatic carbocycles. The number of hydrogen-bond acceptors (Lipinski definition) is 4. The van der Waals surface area contributed by atoms with Gasteiger partial charge in [-0.05, 0) is 13.8 Å². The molecule has 2 fully saturated rings. The molecular weight excluding hydrogens is 490 g/mol. The SMILES string of the molecule is CC[N+]1(C)CCCC1.CC[N+]1(C)CCCC1.[NH-]S(=O)(=O)C(F)(F)F.[NH-]S(=O)(=O)C(F)(F)F. The molecule has 0 radical (unpaired) electrons. The lowest BCUT2D eigenvalue weighted by atomic mass is 10.4. The summed E-state index contributed by atoms with van der Waals surface area (Å²) in [5.74, 6) is 0. The minimum atomic E-state index is -5.59. The number of alkyl halides is 6. The largest absolute Gasteiger partial charge is 0.556 e. The van der Waals surface area contributed by atoms with E-state index in [2.05, 4.69) is 27.9 Å². The Labute approximate surface area is 186 Å². The third-order valence-corrected chi connectivity index (χ3v) is 6.65.